The molecule has 1 saturated heterocycles. The lowest BCUT2D eigenvalue weighted by Crippen LogP contribution is -2.18. The molecule has 5 heteroatoms. The summed E-state index contributed by atoms with van der Waals surface area (Å²) in [4.78, 5) is 14.8. The maximum absolute atomic E-state index is 12.5. The number of furan rings is 1. The molecular formula is C20H26N2O3. The first kappa shape index (κ1) is 17.5. The van der Waals surface area contributed by atoms with Crippen LogP contribution in [0.5, 0.6) is 5.75 Å². The van der Waals surface area contributed by atoms with E-state index in [4.69, 9.17) is 4.42 Å². The molecule has 0 atom stereocenters. The van der Waals surface area contributed by atoms with Crippen LogP contribution in [-0.2, 0) is 6.54 Å². The highest BCUT2D eigenvalue weighted by Gasteiger charge is 2.17. The molecule has 25 heavy (non-hydrogen) atoms. The zero-order valence-electron chi connectivity index (χ0n) is 15.1. The van der Waals surface area contributed by atoms with Crippen molar-refractivity contribution in [1.82, 2.24) is 4.90 Å². The molecule has 1 aromatic heterocycles. The summed E-state index contributed by atoms with van der Waals surface area (Å²) < 4.78 is 5.72. The fourth-order valence-electron chi connectivity index (χ4n) is 3.24. The van der Waals surface area contributed by atoms with Crippen LogP contribution < -0.4 is 5.32 Å². The lowest BCUT2D eigenvalue weighted by atomic mass is 9.99. The summed E-state index contributed by atoms with van der Waals surface area (Å²) in [7, 11) is 0. The number of nitrogens with zero attached hydrogens (tertiary/aromatic N) is 1. The largest absolute Gasteiger partial charge is 0.508 e. The zero-order valence-corrected chi connectivity index (χ0v) is 15.1. The SMILES string of the molecule is Cc1cc(O)c(C(C)C)cc1NC(=O)c1ccc(CN2CCCC2)o1. The van der Waals surface area contributed by atoms with Crippen molar-refractivity contribution < 1.29 is 14.3 Å². The predicted octanol–water partition coefficient (Wildman–Crippen LogP) is 4.27. The maximum atomic E-state index is 12.5. The van der Waals surface area contributed by atoms with Gasteiger partial charge in [-0.15, -0.1) is 0 Å². The van der Waals surface area contributed by atoms with Crippen molar-refractivity contribution in [3.8, 4) is 5.75 Å². The Morgan fingerprint density at radius 2 is 2.00 bits per heavy atom. The number of carbonyl (C=O) groups is 1. The van der Waals surface area contributed by atoms with Gasteiger partial charge < -0.3 is 14.8 Å². The molecule has 2 heterocycles. The minimum absolute atomic E-state index is 0.173. The molecule has 5 nitrogen and oxygen atoms in total. The van der Waals surface area contributed by atoms with Gasteiger partial charge in [-0.05, 0) is 74.2 Å². The van der Waals surface area contributed by atoms with Crippen molar-refractivity contribution in [2.75, 3.05) is 18.4 Å². The molecule has 1 aromatic carbocycles. The Kier molecular flexibility index (Phi) is 5.13. The molecule has 3 rings (SSSR count). The van der Waals surface area contributed by atoms with Crippen LogP contribution in [0.4, 0.5) is 5.69 Å². The molecule has 2 N–H and O–H groups in total. The average Bonchev–Trinajstić information content (AvgIpc) is 3.22. The molecule has 0 radical (unpaired) electrons. The lowest BCUT2D eigenvalue weighted by molar-refractivity contribution is 0.0993. The number of hydrogen-bond acceptors (Lipinski definition) is 4. The number of anilines is 1. The Bertz CT molecular complexity index is 758. The summed E-state index contributed by atoms with van der Waals surface area (Å²) >= 11 is 0. The van der Waals surface area contributed by atoms with Gasteiger partial charge in [0.1, 0.15) is 11.5 Å². The van der Waals surface area contributed by atoms with Crippen LogP contribution in [-0.4, -0.2) is 29.0 Å². The van der Waals surface area contributed by atoms with E-state index < -0.39 is 0 Å². The molecule has 134 valence electrons. The van der Waals surface area contributed by atoms with Gasteiger partial charge in [-0.25, -0.2) is 0 Å². The van der Waals surface area contributed by atoms with E-state index in [0.717, 1.165) is 36.5 Å². The summed E-state index contributed by atoms with van der Waals surface area (Å²) in [5.41, 5.74) is 2.33. The van der Waals surface area contributed by atoms with Crippen molar-refractivity contribution >= 4 is 11.6 Å². The van der Waals surface area contributed by atoms with Crippen LogP contribution in [0, 0.1) is 6.92 Å². The van der Waals surface area contributed by atoms with Crippen LogP contribution in [0.1, 0.15) is 60.0 Å². The Morgan fingerprint density at radius 3 is 2.68 bits per heavy atom. The molecule has 0 unspecified atom stereocenters. The highest BCUT2D eigenvalue weighted by Crippen LogP contribution is 2.31. The Morgan fingerprint density at radius 1 is 1.28 bits per heavy atom. The van der Waals surface area contributed by atoms with Crippen LogP contribution in [0.25, 0.3) is 0 Å². The van der Waals surface area contributed by atoms with Crippen LogP contribution in [0.15, 0.2) is 28.7 Å². The highest BCUT2D eigenvalue weighted by atomic mass is 16.4. The number of nitrogens with one attached hydrogen (secondary N) is 1. The first-order chi connectivity index (χ1) is 11.9. The van der Waals surface area contributed by atoms with Gasteiger partial charge in [0, 0.05) is 5.69 Å². The minimum atomic E-state index is -0.267. The topological polar surface area (TPSA) is 65.7 Å². The second-order valence-corrected chi connectivity index (χ2v) is 7.08. The van der Waals surface area contributed by atoms with Gasteiger partial charge in [0.2, 0.25) is 0 Å². The summed E-state index contributed by atoms with van der Waals surface area (Å²) in [6.07, 6.45) is 2.46. The number of aryl methyl sites for hydroxylation is 1. The van der Waals surface area contributed by atoms with Gasteiger partial charge >= 0.3 is 0 Å². The van der Waals surface area contributed by atoms with E-state index in [9.17, 15) is 9.90 Å². The molecular weight excluding hydrogens is 316 g/mol. The summed E-state index contributed by atoms with van der Waals surface area (Å²) in [5.74, 6) is 1.30. The average molecular weight is 342 g/mol. The van der Waals surface area contributed by atoms with Crippen molar-refractivity contribution in [3.05, 3.63) is 46.9 Å². The van der Waals surface area contributed by atoms with Gasteiger partial charge in [0.25, 0.3) is 5.91 Å². The molecule has 1 amide bonds. The standard InChI is InChI=1S/C20H26N2O3/c1-13(2)16-11-17(14(3)10-18(16)23)21-20(24)19-7-6-15(25-19)12-22-8-4-5-9-22/h6-7,10-11,13,23H,4-5,8-9,12H2,1-3H3,(H,21,24). The van der Waals surface area contributed by atoms with Gasteiger partial charge in [0.05, 0.1) is 6.54 Å². The molecule has 0 saturated carbocycles. The smallest absolute Gasteiger partial charge is 0.291 e. The number of amides is 1. The van der Waals surface area contributed by atoms with E-state index in [2.05, 4.69) is 10.2 Å². The van der Waals surface area contributed by atoms with E-state index >= 15 is 0 Å². The number of aromatic hydroxyl groups is 1. The van der Waals surface area contributed by atoms with E-state index in [1.165, 1.54) is 12.8 Å². The van der Waals surface area contributed by atoms with Crippen molar-refractivity contribution in [1.29, 1.82) is 0 Å². The Labute approximate surface area is 148 Å². The molecule has 1 aliphatic heterocycles. The molecule has 2 aromatic rings. The Balaban J connectivity index is 1.72. The minimum Gasteiger partial charge on any atom is -0.508 e. The third-order valence-corrected chi connectivity index (χ3v) is 4.71. The summed E-state index contributed by atoms with van der Waals surface area (Å²) in [6.45, 7) is 8.81. The third kappa shape index (κ3) is 4.04. The first-order valence-corrected chi connectivity index (χ1v) is 8.90. The summed E-state index contributed by atoms with van der Waals surface area (Å²) in [6, 6.07) is 7.11. The second-order valence-electron chi connectivity index (χ2n) is 7.08. The molecule has 1 aliphatic rings. The number of carbonyl (C=O) groups excluding carboxylic acids is 1. The van der Waals surface area contributed by atoms with Crippen LogP contribution in [0.2, 0.25) is 0 Å². The molecule has 0 aliphatic carbocycles. The van der Waals surface area contributed by atoms with Crippen molar-refractivity contribution in [3.63, 3.8) is 0 Å². The van der Waals surface area contributed by atoms with Gasteiger partial charge in [0.15, 0.2) is 5.76 Å². The lowest BCUT2D eigenvalue weighted by Gasteiger charge is -2.14. The maximum Gasteiger partial charge on any atom is 0.291 e. The van der Waals surface area contributed by atoms with Gasteiger partial charge in [-0.3, -0.25) is 9.69 Å². The zero-order chi connectivity index (χ0) is 18.0. The monoisotopic (exact) mass is 342 g/mol. The first-order valence-electron chi connectivity index (χ1n) is 8.90. The number of likely N-dealkylation sites (tertiary alicyclic amines) is 1. The number of phenolic OH excluding ortho intramolecular Hbond substituents is 1. The van der Waals surface area contributed by atoms with Crippen LogP contribution >= 0.6 is 0 Å². The van der Waals surface area contributed by atoms with Crippen molar-refractivity contribution in [2.45, 2.75) is 46.1 Å². The third-order valence-electron chi connectivity index (χ3n) is 4.71. The van der Waals surface area contributed by atoms with E-state index in [-0.39, 0.29) is 17.6 Å². The quantitative estimate of drug-likeness (QED) is 0.797. The van der Waals surface area contributed by atoms with E-state index in [1.807, 2.05) is 32.9 Å². The van der Waals surface area contributed by atoms with Gasteiger partial charge in [-0.1, -0.05) is 13.8 Å². The number of rotatable bonds is 5. The Hall–Kier alpha value is -2.27. The summed E-state index contributed by atoms with van der Waals surface area (Å²) in [5, 5.41) is 12.9. The van der Waals surface area contributed by atoms with Crippen molar-refractivity contribution in [2.24, 2.45) is 0 Å². The van der Waals surface area contributed by atoms with E-state index in [0.29, 0.717) is 11.4 Å². The van der Waals surface area contributed by atoms with Crippen LogP contribution in [0.3, 0.4) is 0 Å². The second kappa shape index (κ2) is 7.31. The predicted molar refractivity (Wildman–Crippen MR) is 98.1 cm³/mol. The highest BCUT2D eigenvalue weighted by molar-refractivity contribution is 6.02. The normalized spacial score (nSPS) is 15.0. The molecule has 0 bridgehead atoms. The molecule has 0 spiro atoms. The molecule has 1 fully saturated rings. The van der Waals surface area contributed by atoms with Gasteiger partial charge in [-0.2, -0.15) is 0 Å². The fraction of sp³-hybridized carbons (Fsp3) is 0.450. The number of benzene rings is 1. The fourth-order valence-corrected chi connectivity index (χ4v) is 3.24. The number of hydrogen-bond donors (Lipinski definition) is 2. The number of phenols is 1. The van der Waals surface area contributed by atoms with E-state index in [1.54, 1.807) is 12.1 Å².